The minimum Gasteiger partial charge on any atom is -0.486 e. The summed E-state index contributed by atoms with van der Waals surface area (Å²) in [5, 5.41) is 0.990. The van der Waals surface area contributed by atoms with Crippen LogP contribution >= 0.6 is 46.6 Å². The Kier molecular flexibility index (Phi) is 6.61. The molecule has 0 bridgehead atoms. The van der Waals surface area contributed by atoms with Gasteiger partial charge in [0.1, 0.15) is 6.61 Å². The van der Waals surface area contributed by atoms with E-state index in [0.717, 1.165) is 17.3 Å². The fourth-order valence-electron chi connectivity index (χ4n) is 2.61. The molecule has 146 valence electrons. The Morgan fingerprint density at radius 2 is 1.68 bits per heavy atom. The number of nitrogens with zero attached hydrogens (tertiary/aromatic N) is 1. The third kappa shape index (κ3) is 4.66. The standard InChI is InChI=1S/C20H16Cl3NO3S/c1-11(2)24-19(25)17(28-20(24)26)9-13-7-15(22)18(16(23)8-13)27-10-12-3-5-14(21)6-4-12/h3-9,11H,10H2,1-2H3/b17-9-. The fraction of sp³-hybridized carbons (Fsp3) is 0.200. The zero-order chi connectivity index (χ0) is 20.4. The van der Waals surface area contributed by atoms with Gasteiger partial charge in [0, 0.05) is 11.1 Å². The van der Waals surface area contributed by atoms with Gasteiger partial charge in [0.25, 0.3) is 11.1 Å². The molecule has 1 aliphatic heterocycles. The van der Waals surface area contributed by atoms with Gasteiger partial charge < -0.3 is 4.74 Å². The third-order valence-electron chi connectivity index (χ3n) is 3.95. The molecule has 1 heterocycles. The Morgan fingerprint density at radius 1 is 1.07 bits per heavy atom. The molecule has 8 heteroatoms. The highest BCUT2D eigenvalue weighted by Crippen LogP contribution is 2.38. The third-order valence-corrected chi connectivity index (χ3v) is 5.65. The van der Waals surface area contributed by atoms with Crippen molar-refractivity contribution < 1.29 is 14.3 Å². The molecule has 0 aliphatic carbocycles. The maximum Gasteiger partial charge on any atom is 0.293 e. The number of rotatable bonds is 5. The van der Waals surface area contributed by atoms with E-state index in [1.807, 2.05) is 12.1 Å². The molecule has 0 atom stereocenters. The van der Waals surface area contributed by atoms with Gasteiger partial charge in [0.05, 0.1) is 15.0 Å². The molecular weight excluding hydrogens is 441 g/mol. The molecule has 1 saturated heterocycles. The van der Waals surface area contributed by atoms with Crippen molar-refractivity contribution in [2.45, 2.75) is 26.5 Å². The summed E-state index contributed by atoms with van der Waals surface area (Å²) >= 11 is 19.4. The van der Waals surface area contributed by atoms with Gasteiger partial charge in [-0.25, -0.2) is 0 Å². The monoisotopic (exact) mass is 455 g/mol. The first-order chi connectivity index (χ1) is 13.3. The van der Waals surface area contributed by atoms with Crippen LogP contribution in [0.15, 0.2) is 41.3 Å². The Hall–Kier alpha value is -1.66. The lowest BCUT2D eigenvalue weighted by Crippen LogP contribution is -2.34. The molecule has 2 amide bonds. The number of carbonyl (C=O) groups is 2. The summed E-state index contributed by atoms with van der Waals surface area (Å²) in [5.74, 6) is 0.0334. The van der Waals surface area contributed by atoms with Gasteiger partial charge in [-0.05, 0) is 67.1 Å². The first-order valence-corrected chi connectivity index (χ1v) is 10.3. The number of halogens is 3. The molecule has 0 saturated carbocycles. The summed E-state index contributed by atoms with van der Waals surface area (Å²) in [6.07, 6.45) is 1.61. The zero-order valence-corrected chi connectivity index (χ0v) is 18.1. The number of amides is 2. The number of hydrogen-bond acceptors (Lipinski definition) is 4. The van der Waals surface area contributed by atoms with Gasteiger partial charge in [0.15, 0.2) is 5.75 Å². The van der Waals surface area contributed by atoms with Gasteiger partial charge in [-0.1, -0.05) is 46.9 Å². The Labute approximate surface area is 182 Å². The maximum atomic E-state index is 12.4. The van der Waals surface area contributed by atoms with E-state index in [4.69, 9.17) is 39.5 Å². The quantitative estimate of drug-likeness (QED) is 0.471. The van der Waals surface area contributed by atoms with Crippen LogP contribution in [0.3, 0.4) is 0 Å². The highest BCUT2D eigenvalue weighted by molar-refractivity contribution is 8.18. The first kappa shape index (κ1) is 21.1. The van der Waals surface area contributed by atoms with Crippen LogP contribution in [0.2, 0.25) is 15.1 Å². The zero-order valence-electron chi connectivity index (χ0n) is 15.0. The van der Waals surface area contributed by atoms with Crippen molar-refractivity contribution in [3.63, 3.8) is 0 Å². The molecule has 0 unspecified atom stereocenters. The topological polar surface area (TPSA) is 46.6 Å². The van der Waals surface area contributed by atoms with Crippen molar-refractivity contribution >= 4 is 63.8 Å². The maximum absolute atomic E-state index is 12.4. The van der Waals surface area contributed by atoms with Crippen molar-refractivity contribution in [1.29, 1.82) is 0 Å². The number of imide groups is 1. The number of hydrogen-bond donors (Lipinski definition) is 0. The van der Waals surface area contributed by atoms with E-state index in [2.05, 4.69) is 0 Å². The molecule has 1 aliphatic rings. The average Bonchev–Trinajstić information content (AvgIpc) is 2.89. The molecule has 4 nitrogen and oxygen atoms in total. The van der Waals surface area contributed by atoms with Crippen LogP contribution in [0.5, 0.6) is 5.75 Å². The molecule has 0 radical (unpaired) electrons. The predicted molar refractivity (Wildman–Crippen MR) is 115 cm³/mol. The van der Waals surface area contributed by atoms with Crippen LogP contribution in [-0.4, -0.2) is 22.1 Å². The largest absolute Gasteiger partial charge is 0.486 e. The second-order valence-electron chi connectivity index (χ2n) is 6.37. The number of carbonyl (C=O) groups excluding carboxylic acids is 2. The summed E-state index contributed by atoms with van der Waals surface area (Å²) in [7, 11) is 0. The second-order valence-corrected chi connectivity index (χ2v) is 8.62. The van der Waals surface area contributed by atoms with Crippen molar-refractivity contribution in [1.82, 2.24) is 4.90 Å². The SMILES string of the molecule is CC(C)N1C(=O)S/C(=C\c2cc(Cl)c(OCc3ccc(Cl)cc3)c(Cl)c2)C1=O. The summed E-state index contributed by atoms with van der Waals surface area (Å²) in [5.41, 5.74) is 1.53. The summed E-state index contributed by atoms with van der Waals surface area (Å²) in [4.78, 5) is 26.0. The predicted octanol–water partition coefficient (Wildman–Crippen LogP) is 6.67. The Morgan fingerprint density at radius 3 is 2.21 bits per heavy atom. The van der Waals surface area contributed by atoms with Crippen molar-refractivity contribution in [3.8, 4) is 5.75 Å². The second kappa shape index (κ2) is 8.78. The number of benzene rings is 2. The minimum absolute atomic E-state index is 0.200. The van der Waals surface area contributed by atoms with E-state index >= 15 is 0 Å². The summed E-state index contributed by atoms with van der Waals surface area (Å²) < 4.78 is 5.74. The van der Waals surface area contributed by atoms with E-state index in [1.54, 1.807) is 44.2 Å². The number of ether oxygens (including phenoxy) is 1. The first-order valence-electron chi connectivity index (χ1n) is 8.39. The van der Waals surface area contributed by atoms with Crippen LogP contribution in [-0.2, 0) is 11.4 Å². The average molecular weight is 457 g/mol. The van der Waals surface area contributed by atoms with E-state index in [-0.39, 0.29) is 23.8 Å². The molecule has 3 rings (SSSR count). The van der Waals surface area contributed by atoms with Crippen molar-refractivity contribution in [2.75, 3.05) is 0 Å². The van der Waals surface area contributed by atoms with Crippen LogP contribution in [0.1, 0.15) is 25.0 Å². The van der Waals surface area contributed by atoms with E-state index in [0.29, 0.717) is 31.3 Å². The highest BCUT2D eigenvalue weighted by Gasteiger charge is 2.36. The molecule has 2 aromatic carbocycles. The Bertz CT molecular complexity index is 935. The van der Waals surface area contributed by atoms with E-state index < -0.39 is 0 Å². The Balaban J connectivity index is 1.79. The molecule has 28 heavy (non-hydrogen) atoms. The lowest BCUT2D eigenvalue weighted by Gasteiger charge is -2.16. The molecule has 0 N–H and O–H groups in total. The minimum atomic E-state index is -0.319. The van der Waals surface area contributed by atoms with E-state index in [1.165, 1.54) is 4.90 Å². The van der Waals surface area contributed by atoms with Crippen LogP contribution in [0.4, 0.5) is 4.79 Å². The van der Waals surface area contributed by atoms with Gasteiger partial charge >= 0.3 is 0 Å². The fourth-order valence-corrected chi connectivity index (χ4v) is 4.31. The van der Waals surface area contributed by atoms with Gasteiger partial charge in [-0.15, -0.1) is 0 Å². The molecule has 1 fully saturated rings. The van der Waals surface area contributed by atoms with Gasteiger partial charge in [-0.2, -0.15) is 0 Å². The van der Waals surface area contributed by atoms with Crippen LogP contribution in [0, 0.1) is 0 Å². The smallest absolute Gasteiger partial charge is 0.293 e. The molecule has 0 spiro atoms. The molecule has 2 aromatic rings. The molecular formula is C20H16Cl3NO3S. The lowest BCUT2D eigenvalue weighted by molar-refractivity contribution is -0.123. The normalized spacial score (nSPS) is 15.8. The van der Waals surface area contributed by atoms with Crippen LogP contribution < -0.4 is 4.74 Å². The number of thioether (sulfide) groups is 1. The molecule has 0 aromatic heterocycles. The van der Waals surface area contributed by atoms with E-state index in [9.17, 15) is 9.59 Å². The van der Waals surface area contributed by atoms with Gasteiger partial charge in [-0.3, -0.25) is 14.5 Å². The van der Waals surface area contributed by atoms with Crippen molar-refractivity contribution in [3.05, 3.63) is 67.5 Å². The highest BCUT2D eigenvalue weighted by atomic mass is 35.5. The van der Waals surface area contributed by atoms with Crippen molar-refractivity contribution in [2.24, 2.45) is 0 Å². The van der Waals surface area contributed by atoms with Crippen LogP contribution in [0.25, 0.3) is 6.08 Å². The summed E-state index contributed by atoms with van der Waals surface area (Å²) in [6, 6.07) is 10.3. The lowest BCUT2D eigenvalue weighted by atomic mass is 10.2. The van der Waals surface area contributed by atoms with Gasteiger partial charge in [0.2, 0.25) is 0 Å². The summed E-state index contributed by atoms with van der Waals surface area (Å²) in [6.45, 7) is 3.86.